The number of aliphatic hydroxyl groups is 2. The van der Waals surface area contributed by atoms with Gasteiger partial charge in [0.25, 0.3) is 0 Å². The lowest BCUT2D eigenvalue weighted by atomic mass is 10.0. The van der Waals surface area contributed by atoms with Crippen LogP contribution in [0.3, 0.4) is 0 Å². The molecule has 0 heterocycles. The van der Waals surface area contributed by atoms with Crippen LogP contribution in [0.2, 0.25) is 0 Å². The maximum absolute atomic E-state index is 11.3. The summed E-state index contributed by atoms with van der Waals surface area (Å²) in [7, 11) is 0. The first kappa shape index (κ1) is 22.4. The van der Waals surface area contributed by atoms with E-state index in [0.29, 0.717) is 6.54 Å². The molecule has 0 aromatic heterocycles. The predicted octanol–water partition coefficient (Wildman–Crippen LogP) is 3.94. The first-order chi connectivity index (χ1) is 11.2. The number of hydrogen-bond donors (Lipinski definition) is 3. The van der Waals surface area contributed by atoms with Crippen molar-refractivity contribution in [2.45, 2.75) is 103 Å². The van der Waals surface area contributed by atoms with Crippen LogP contribution >= 0.6 is 0 Å². The Hall–Kier alpha value is -0.610. The Labute approximate surface area is 143 Å². The van der Waals surface area contributed by atoms with E-state index in [1.807, 2.05) is 0 Å². The molecule has 4 nitrogen and oxygen atoms in total. The molecule has 1 amide bonds. The maximum atomic E-state index is 11.3. The molecule has 0 aliphatic carbocycles. The Kier molecular flexibility index (Phi) is 17.3. The highest BCUT2D eigenvalue weighted by molar-refractivity contribution is 5.76. The first-order valence-corrected chi connectivity index (χ1v) is 9.76. The standard InChI is InChI=1S/C19H39NO3/c1-2-3-4-5-6-7-8-9-10-11-12-13-14-15-20-19(23)16-18(22)17-21/h18,21-22H,2-17H2,1H3,(H,20,23). The minimum Gasteiger partial charge on any atom is -0.394 e. The second kappa shape index (κ2) is 17.7. The molecule has 0 spiro atoms. The average Bonchev–Trinajstić information content (AvgIpc) is 2.55. The normalized spacial score (nSPS) is 12.3. The lowest BCUT2D eigenvalue weighted by molar-refractivity contribution is -0.123. The topological polar surface area (TPSA) is 69.6 Å². The molecule has 138 valence electrons. The highest BCUT2D eigenvalue weighted by Crippen LogP contribution is 2.12. The summed E-state index contributed by atoms with van der Waals surface area (Å²) in [6.45, 7) is 2.58. The summed E-state index contributed by atoms with van der Waals surface area (Å²) in [6, 6.07) is 0. The van der Waals surface area contributed by atoms with Crippen LogP contribution in [0.4, 0.5) is 0 Å². The van der Waals surface area contributed by atoms with E-state index in [1.54, 1.807) is 0 Å². The fraction of sp³-hybridized carbons (Fsp3) is 0.947. The molecule has 1 atom stereocenters. The van der Waals surface area contributed by atoms with Crippen LogP contribution in [0.5, 0.6) is 0 Å². The SMILES string of the molecule is CCCCCCCCCCCCCCCNC(=O)CC(O)CO. The van der Waals surface area contributed by atoms with E-state index in [2.05, 4.69) is 12.2 Å². The number of amides is 1. The van der Waals surface area contributed by atoms with Crippen molar-refractivity contribution in [1.82, 2.24) is 5.32 Å². The molecule has 0 saturated carbocycles. The third-order valence-electron chi connectivity index (χ3n) is 4.23. The zero-order chi connectivity index (χ0) is 17.2. The molecule has 0 rings (SSSR count). The van der Waals surface area contributed by atoms with E-state index in [9.17, 15) is 4.79 Å². The van der Waals surface area contributed by atoms with Gasteiger partial charge in [0, 0.05) is 6.54 Å². The van der Waals surface area contributed by atoms with Crippen molar-refractivity contribution in [2.75, 3.05) is 13.2 Å². The van der Waals surface area contributed by atoms with Gasteiger partial charge in [0.15, 0.2) is 0 Å². The van der Waals surface area contributed by atoms with Crippen molar-refractivity contribution in [3.05, 3.63) is 0 Å². The van der Waals surface area contributed by atoms with Gasteiger partial charge in [0.1, 0.15) is 0 Å². The molecular formula is C19H39NO3. The Balaban J connectivity index is 3.12. The van der Waals surface area contributed by atoms with Gasteiger partial charge in [-0.2, -0.15) is 0 Å². The van der Waals surface area contributed by atoms with Crippen LogP contribution in [-0.2, 0) is 4.79 Å². The molecule has 0 aliphatic heterocycles. The molecule has 3 N–H and O–H groups in total. The number of carbonyl (C=O) groups excluding carboxylic acids is 1. The maximum Gasteiger partial charge on any atom is 0.222 e. The van der Waals surface area contributed by atoms with Crippen molar-refractivity contribution in [1.29, 1.82) is 0 Å². The molecule has 0 bridgehead atoms. The summed E-state index contributed by atoms with van der Waals surface area (Å²) in [4.78, 5) is 11.3. The molecule has 23 heavy (non-hydrogen) atoms. The van der Waals surface area contributed by atoms with Crippen molar-refractivity contribution in [2.24, 2.45) is 0 Å². The minimum atomic E-state index is -0.929. The lowest BCUT2D eigenvalue weighted by Crippen LogP contribution is -2.29. The lowest BCUT2D eigenvalue weighted by Gasteiger charge is -2.08. The van der Waals surface area contributed by atoms with Gasteiger partial charge in [-0.25, -0.2) is 0 Å². The summed E-state index contributed by atoms with van der Waals surface area (Å²) in [5, 5.41) is 20.6. The largest absolute Gasteiger partial charge is 0.394 e. The van der Waals surface area contributed by atoms with Gasteiger partial charge in [-0.05, 0) is 6.42 Å². The van der Waals surface area contributed by atoms with Gasteiger partial charge >= 0.3 is 0 Å². The van der Waals surface area contributed by atoms with Gasteiger partial charge in [-0.3, -0.25) is 4.79 Å². The van der Waals surface area contributed by atoms with Crippen LogP contribution in [0.25, 0.3) is 0 Å². The van der Waals surface area contributed by atoms with Gasteiger partial charge < -0.3 is 15.5 Å². The molecule has 1 unspecified atom stereocenters. The molecule has 0 saturated heterocycles. The van der Waals surface area contributed by atoms with Gasteiger partial charge in [-0.15, -0.1) is 0 Å². The fourth-order valence-corrected chi connectivity index (χ4v) is 2.72. The van der Waals surface area contributed by atoms with Crippen LogP contribution in [0, 0.1) is 0 Å². The second-order valence-corrected chi connectivity index (χ2v) is 6.63. The van der Waals surface area contributed by atoms with E-state index < -0.39 is 6.10 Å². The molecule has 0 aromatic rings. The Morgan fingerprint density at radius 2 is 1.26 bits per heavy atom. The van der Waals surface area contributed by atoms with E-state index in [-0.39, 0.29) is 18.9 Å². The Morgan fingerprint density at radius 3 is 1.70 bits per heavy atom. The molecule has 0 radical (unpaired) electrons. The summed E-state index contributed by atoms with van der Waals surface area (Å²) >= 11 is 0. The molecule has 4 heteroatoms. The summed E-state index contributed by atoms with van der Waals surface area (Å²) < 4.78 is 0. The number of carbonyl (C=O) groups is 1. The van der Waals surface area contributed by atoms with E-state index in [0.717, 1.165) is 12.8 Å². The Morgan fingerprint density at radius 1 is 0.826 bits per heavy atom. The number of nitrogens with one attached hydrogen (secondary N) is 1. The first-order valence-electron chi connectivity index (χ1n) is 9.76. The average molecular weight is 330 g/mol. The van der Waals surface area contributed by atoms with Crippen molar-refractivity contribution < 1.29 is 15.0 Å². The van der Waals surface area contributed by atoms with E-state index in [1.165, 1.54) is 70.6 Å². The fourth-order valence-electron chi connectivity index (χ4n) is 2.72. The van der Waals surface area contributed by atoms with Gasteiger partial charge in [0.05, 0.1) is 19.1 Å². The summed E-state index contributed by atoms with van der Waals surface area (Å²) in [5.41, 5.74) is 0. The van der Waals surface area contributed by atoms with E-state index >= 15 is 0 Å². The third-order valence-corrected chi connectivity index (χ3v) is 4.23. The van der Waals surface area contributed by atoms with Crippen molar-refractivity contribution in [3.8, 4) is 0 Å². The number of aliphatic hydroxyl groups excluding tert-OH is 2. The second-order valence-electron chi connectivity index (χ2n) is 6.63. The van der Waals surface area contributed by atoms with Crippen LogP contribution in [-0.4, -0.2) is 35.4 Å². The molecule has 0 aliphatic rings. The quantitative estimate of drug-likeness (QED) is 0.354. The third kappa shape index (κ3) is 17.6. The monoisotopic (exact) mass is 329 g/mol. The smallest absolute Gasteiger partial charge is 0.222 e. The van der Waals surface area contributed by atoms with E-state index in [4.69, 9.17) is 10.2 Å². The zero-order valence-electron chi connectivity index (χ0n) is 15.2. The molecule has 0 aromatic carbocycles. The molecular weight excluding hydrogens is 290 g/mol. The van der Waals surface area contributed by atoms with Crippen LogP contribution in [0.15, 0.2) is 0 Å². The van der Waals surface area contributed by atoms with Crippen molar-refractivity contribution in [3.63, 3.8) is 0 Å². The predicted molar refractivity (Wildman–Crippen MR) is 96.4 cm³/mol. The highest BCUT2D eigenvalue weighted by Gasteiger charge is 2.08. The summed E-state index contributed by atoms with van der Waals surface area (Å²) in [6.07, 6.45) is 16.2. The highest BCUT2D eigenvalue weighted by atomic mass is 16.3. The zero-order valence-corrected chi connectivity index (χ0v) is 15.2. The Bertz CT molecular complexity index is 259. The van der Waals surface area contributed by atoms with Gasteiger partial charge in [0.2, 0.25) is 5.91 Å². The van der Waals surface area contributed by atoms with Crippen LogP contribution in [0.1, 0.15) is 96.8 Å². The summed E-state index contributed by atoms with van der Waals surface area (Å²) in [5.74, 6) is -0.175. The number of rotatable bonds is 17. The van der Waals surface area contributed by atoms with Crippen LogP contribution < -0.4 is 5.32 Å². The minimum absolute atomic E-state index is 0.00502. The number of hydrogen-bond acceptors (Lipinski definition) is 3. The van der Waals surface area contributed by atoms with Crippen molar-refractivity contribution >= 4 is 5.91 Å². The number of unbranched alkanes of at least 4 members (excludes halogenated alkanes) is 12. The van der Waals surface area contributed by atoms with Gasteiger partial charge in [-0.1, -0.05) is 84.0 Å². The molecule has 0 fully saturated rings.